The molecule has 4 aromatic carbocycles. The molecule has 1 amide bonds. The van der Waals surface area contributed by atoms with E-state index in [1.54, 1.807) is 46.8 Å². The summed E-state index contributed by atoms with van der Waals surface area (Å²) < 4.78 is 176. The van der Waals surface area contributed by atoms with Crippen LogP contribution in [0.3, 0.4) is 0 Å². The Labute approximate surface area is 730 Å². The predicted molar refractivity (Wildman–Crippen MR) is 444 cm³/mol. The summed E-state index contributed by atoms with van der Waals surface area (Å²) in [5.41, 5.74) is 1.13. The number of carbonyl (C=O) groups excluding carboxylic acids is 4. The van der Waals surface area contributed by atoms with Gasteiger partial charge in [-0.2, -0.15) is 0 Å². The number of aryl methyl sites for hydroxylation is 2. The molecule has 692 valence electrons. The van der Waals surface area contributed by atoms with E-state index in [9.17, 15) is 115 Å². The number of hydrogen-bond donors (Lipinski definition) is 12. The lowest BCUT2D eigenvalue weighted by Gasteiger charge is -2.41. The van der Waals surface area contributed by atoms with Gasteiger partial charge in [-0.3, -0.25) is 97.4 Å². The molecule has 6 fully saturated rings. The van der Waals surface area contributed by atoms with E-state index < -0.39 is 162 Å². The summed E-state index contributed by atoms with van der Waals surface area (Å²) in [5, 5.41) is 30.7. The van der Waals surface area contributed by atoms with Gasteiger partial charge in [-0.1, -0.05) is 77.9 Å². The molecule has 12 N–H and O–H groups in total. The summed E-state index contributed by atoms with van der Waals surface area (Å²) in [7, 11) is -38.2. The normalized spacial score (nSPS) is 31.6. The zero-order valence-electron chi connectivity index (χ0n) is 68.9. The average Bonchev–Trinajstić information content (AvgIpc) is 0.770. The van der Waals surface area contributed by atoms with Gasteiger partial charge in [0.25, 0.3) is 20.3 Å². The molecule has 0 bridgehead atoms. The smallest absolute Gasteiger partial charge is 0.431 e. The number of hydrogen-bond acceptors (Lipinski definition) is 34. The van der Waals surface area contributed by atoms with Crippen LogP contribution >= 0.6 is 60.8 Å². The van der Waals surface area contributed by atoms with Crippen molar-refractivity contribution >= 4 is 85.1 Å². The van der Waals surface area contributed by atoms with E-state index >= 15 is 0 Å². The Bertz CT molecular complexity index is 5660. The molecule has 0 radical (unpaired) electrons. The summed E-state index contributed by atoms with van der Waals surface area (Å²) in [6.07, 6.45) is 3.30. The Kier molecular flexibility index (Phi) is 31.1. The van der Waals surface area contributed by atoms with Crippen molar-refractivity contribution < 1.29 is 180 Å². The number of para-hydroxylation sites is 1. The van der Waals surface area contributed by atoms with Gasteiger partial charge in [0.2, 0.25) is 25.2 Å². The number of aliphatic hydroxyl groups is 4. The fraction of sp³-hybridized carbons (Fsp3) is 0.377. The van der Waals surface area contributed by atoms with Crippen molar-refractivity contribution in [2.75, 3.05) is 14.1 Å². The number of amides is 1. The molecule has 4 aromatic heterocycles. The Hall–Kier alpha value is -8.20. The monoisotopic (exact) mass is 1940 g/mol. The number of aromatic nitrogens is 4. The van der Waals surface area contributed by atoms with Crippen LogP contribution < -0.4 is 18.9 Å². The minimum Gasteiger partial charge on any atom is -0.431 e. The molecular formula is C77H91N5O38P8. The van der Waals surface area contributed by atoms with Gasteiger partial charge >= 0.3 is 85.1 Å². The first-order chi connectivity index (χ1) is 59.7. The van der Waals surface area contributed by atoms with Crippen molar-refractivity contribution in [2.45, 2.75) is 163 Å². The first kappa shape index (κ1) is 100. The molecule has 0 spiro atoms. The van der Waals surface area contributed by atoms with E-state index in [-0.39, 0.29) is 79.7 Å². The first-order valence-corrected chi connectivity index (χ1v) is 51.2. The van der Waals surface area contributed by atoms with Crippen molar-refractivity contribution in [3.63, 3.8) is 0 Å². The van der Waals surface area contributed by atoms with E-state index in [1.807, 2.05) is 0 Å². The second-order valence-electron chi connectivity index (χ2n) is 31.1. The summed E-state index contributed by atoms with van der Waals surface area (Å²) in [5.74, 6) is -0.807. The van der Waals surface area contributed by atoms with Crippen molar-refractivity contribution in [3.05, 3.63) is 239 Å². The summed E-state index contributed by atoms with van der Waals surface area (Å²) in [6, 6.07) is 31.7. The second-order valence-corrected chi connectivity index (χ2v) is 48.4. The van der Waals surface area contributed by atoms with E-state index in [0.717, 1.165) is 44.9 Å². The van der Waals surface area contributed by atoms with Crippen molar-refractivity contribution in [1.82, 2.24) is 24.8 Å². The van der Waals surface area contributed by atoms with Gasteiger partial charge in [-0.15, -0.1) is 0 Å². The molecule has 6 aliphatic rings. The zero-order valence-corrected chi connectivity index (χ0v) is 76.0. The van der Waals surface area contributed by atoms with Crippen LogP contribution in [0.2, 0.25) is 0 Å². The summed E-state index contributed by atoms with van der Waals surface area (Å²) in [6.45, 7) is 8.26. The Balaban J connectivity index is 0.000000166. The maximum absolute atomic E-state index is 13.1. The largest absolute Gasteiger partial charge is 0.514 e. The lowest BCUT2D eigenvalue weighted by Crippen LogP contribution is -2.38. The Morgan fingerprint density at radius 1 is 0.391 bits per heavy atom. The topological polar surface area (TPSA) is 632 Å². The van der Waals surface area contributed by atoms with Gasteiger partial charge in [0.05, 0.1) is 22.1 Å². The molecule has 4 saturated heterocycles. The van der Waals surface area contributed by atoms with E-state index in [1.165, 1.54) is 190 Å². The molecule has 8 unspecified atom stereocenters. The second kappa shape index (κ2) is 39.7. The summed E-state index contributed by atoms with van der Waals surface area (Å²) in [4.78, 5) is 149. The number of rotatable bonds is 18. The van der Waals surface area contributed by atoms with Gasteiger partial charge < -0.3 is 92.9 Å². The van der Waals surface area contributed by atoms with Crippen molar-refractivity contribution in [3.8, 4) is 23.0 Å². The van der Waals surface area contributed by atoms with E-state index in [4.69, 9.17) is 64.6 Å². The number of carbonyl (C=O) groups is 4. The highest BCUT2D eigenvalue weighted by Crippen LogP contribution is 2.83. The minimum absolute atomic E-state index is 0.0629. The predicted octanol–water partition coefficient (Wildman–Crippen LogP) is 13.7. The molecule has 43 nitrogen and oxygen atoms in total. The van der Waals surface area contributed by atoms with Crippen LogP contribution in [-0.2, 0) is 113 Å². The lowest BCUT2D eigenvalue weighted by molar-refractivity contribution is -0.143. The number of pyridine rings is 4. The van der Waals surface area contributed by atoms with Crippen molar-refractivity contribution in [1.29, 1.82) is 0 Å². The van der Waals surface area contributed by atoms with Crippen LogP contribution in [0.4, 0.5) is 14.4 Å². The minimum atomic E-state index is -5.19. The number of nitrogens with zero attached hydrogens (tertiary/aromatic N) is 5. The summed E-state index contributed by atoms with van der Waals surface area (Å²) >= 11 is 0. The maximum atomic E-state index is 13.1. The van der Waals surface area contributed by atoms with Crippen LogP contribution in [0.5, 0.6) is 23.0 Å². The van der Waals surface area contributed by atoms with Crippen LogP contribution in [0.25, 0.3) is 0 Å². The van der Waals surface area contributed by atoms with Crippen LogP contribution in [0.1, 0.15) is 147 Å². The van der Waals surface area contributed by atoms with Gasteiger partial charge in [0.1, 0.15) is 35.2 Å². The Morgan fingerprint density at radius 3 is 0.992 bits per heavy atom. The van der Waals surface area contributed by atoms with Gasteiger partial charge in [-0.05, 0) is 169 Å². The maximum Gasteiger partial charge on any atom is 0.514 e. The first-order valence-electron chi connectivity index (χ1n) is 38.6. The number of esters is 1. The van der Waals surface area contributed by atoms with Crippen LogP contribution in [0.15, 0.2) is 183 Å². The van der Waals surface area contributed by atoms with E-state index in [0.29, 0.717) is 11.1 Å². The average molecular weight is 1940 g/mol. The molecule has 2 saturated carbocycles. The Morgan fingerprint density at radius 2 is 0.695 bits per heavy atom. The molecular weight excluding hydrogens is 1850 g/mol. The molecule has 8 heterocycles. The zero-order chi connectivity index (χ0) is 93.7. The molecule has 51 heteroatoms. The standard InChI is InChI=1S/C21H25NO10P2.C20H23NO10P2.C19H23NO9P2.C17H20N2O9P2/c1-14-8-9-18(30-20(23)29-16-6-2-3-7-16)17(11-14)19-31-33(25,26)21(24,34(27,28)32-19)12-15-5-4-10-22-13-15;1-13-7-8-17(29-19(22)28-15-5-2-6-15)16(10-13)18-30-32(24,25)20(23,33(26,27)31-18)11-14-4-3-9-21-12-14;1-18(2,3)17(21)27-15-9-5-4-8-14(15)16-28-30(23,24)19(22,31(25,26)29-16)11-13-7-6-10-20-12-13;1-19(2)16(20)26-14-7-5-13(6-8-14)15-27-29(22,23)17(21,30(24,25)28-15)10-12-4-3-9-18-11-12/h4-5,8-11,13,16,19,24H,2-3,6-7,12H2,1H3,(H,25,26)(H,27,28);3-4,7-10,12,15,18,23H,2,5-6,11H2,1H3,(H,24,25)(H,26,27);4-10,12,16,22H,11H2,1-3H3,(H,23,24)(H,25,26);3-9,11,15,21H,10H2,1-2H3,(H,22,23)(H,24,25). The number of ether oxygens (including phenoxy) is 6. The fourth-order valence-electron chi connectivity index (χ4n) is 12.6. The molecule has 128 heavy (non-hydrogen) atoms. The highest BCUT2D eigenvalue weighted by molar-refractivity contribution is 7.75. The SMILES string of the molecule is CC(C)(C)C(=O)Oc1ccccc1C1OP(=O)(O)C(O)(Cc2cccnc2)P(=O)(O)O1.CN(C)C(=O)Oc1ccc(C2OP(=O)(O)C(O)(Cc3cccnc3)P(=O)(O)O2)cc1.Cc1ccc(OC(=O)OC2CCC2)c(C2OP(=O)(O)C(O)(Cc3cccnc3)P(=O)(O)O2)c1.Cc1ccc(OC(=O)OC2CCCC2)c(C2OP(=O)(O)C(O)(Cc3cccnc3)P(=O)(O)O2)c1. The molecule has 8 atom stereocenters. The molecule has 2 aliphatic carbocycles. The quantitative estimate of drug-likeness (QED) is 0.0164. The molecule has 4 aliphatic heterocycles. The van der Waals surface area contributed by atoms with E-state index in [2.05, 4.69) is 19.9 Å². The third-order valence-corrected chi connectivity index (χ3v) is 38.4. The molecule has 8 aromatic rings. The third-order valence-electron chi connectivity index (χ3n) is 20.0. The third kappa shape index (κ3) is 22.7. The van der Waals surface area contributed by atoms with Gasteiger partial charge in [-0.25, -0.2) is 14.4 Å². The van der Waals surface area contributed by atoms with Gasteiger partial charge in [0.15, 0.2) is 0 Å². The highest BCUT2D eigenvalue weighted by Gasteiger charge is 2.71. The fourth-order valence-corrected chi connectivity index (χ4v) is 26.9. The van der Waals surface area contributed by atoms with Gasteiger partial charge in [0, 0.05) is 94.9 Å². The van der Waals surface area contributed by atoms with Crippen molar-refractivity contribution in [2.24, 2.45) is 5.41 Å². The highest BCUT2D eigenvalue weighted by atomic mass is 31.3. The molecule has 14 rings (SSSR count). The lowest BCUT2D eigenvalue weighted by atomic mass is 9.96. The van der Waals surface area contributed by atoms with Crippen LogP contribution in [0, 0.1) is 19.3 Å². The van der Waals surface area contributed by atoms with Crippen LogP contribution in [-0.4, -0.2) is 155 Å². The number of benzene rings is 4.